The number of rotatable bonds is 3. The van der Waals surface area contributed by atoms with Gasteiger partial charge >= 0.3 is 5.69 Å². The molecule has 20 heavy (non-hydrogen) atoms. The van der Waals surface area contributed by atoms with E-state index in [4.69, 9.17) is 10.5 Å². The minimum atomic E-state index is -0.298. The van der Waals surface area contributed by atoms with E-state index in [-0.39, 0.29) is 12.2 Å². The van der Waals surface area contributed by atoms with E-state index in [2.05, 4.69) is 16.8 Å². The molecular formula is C15H15N3O2. The van der Waals surface area contributed by atoms with Crippen LogP contribution in [-0.4, -0.2) is 23.2 Å². The van der Waals surface area contributed by atoms with Crippen molar-refractivity contribution in [3.8, 4) is 17.6 Å². The predicted molar refractivity (Wildman–Crippen MR) is 76.5 cm³/mol. The third-order valence-corrected chi connectivity index (χ3v) is 2.76. The fourth-order valence-electron chi connectivity index (χ4n) is 1.79. The van der Waals surface area contributed by atoms with E-state index in [1.807, 2.05) is 18.2 Å². The van der Waals surface area contributed by atoms with Crippen molar-refractivity contribution in [2.24, 2.45) is 5.73 Å². The Labute approximate surface area is 117 Å². The number of methoxy groups -OCH3 is 1. The zero-order valence-electron chi connectivity index (χ0n) is 11.2. The lowest BCUT2D eigenvalue weighted by molar-refractivity contribution is 0.414. The van der Waals surface area contributed by atoms with Crippen molar-refractivity contribution in [2.45, 2.75) is 6.54 Å². The molecule has 0 unspecified atom stereocenters. The normalized spacial score (nSPS) is 9.70. The average molecular weight is 269 g/mol. The first kappa shape index (κ1) is 13.8. The number of hydrogen-bond donors (Lipinski definition) is 1. The highest BCUT2D eigenvalue weighted by Gasteiger charge is 2.05. The van der Waals surface area contributed by atoms with Crippen LogP contribution in [0.3, 0.4) is 0 Å². The summed E-state index contributed by atoms with van der Waals surface area (Å²) < 4.78 is 6.72. The van der Waals surface area contributed by atoms with Gasteiger partial charge in [0.25, 0.3) is 0 Å². The van der Waals surface area contributed by atoms with Crippen molar-refractivity contribution >= 4 is 0 Å². The van der Waals surface area contributed by atoms with E-state index in [9.17, 15) is 4.79 Å². The topological polar surface area (TPSA) is 70.1 Å². The van der Waals surface area contributed by atoms with Crippen LogP contribution in [0.2, 0.25) is 0 Å². The second kappa shape index (κ2) is 6.55. The zero-order chi connectivity index (χ0) is 14.4. The summed E-state index contributed by atoms with van der Waals surface area (Å²) in [5, 5.41) is 0. The second-order valence-corrected chi connectivity index (χ2v) is 4.06. The zero-order valence-corrected chi connectivity index (χ0v) is 11.2. The number of nitrogens with two attached hydrogens (primary N) is 1. The molecule has 0 radical (unpaired) electrons. The maximum Gasteiger partial charge on any atom is 0.347 e. The summed E-state index contributed by atoms with van der Waals surface area (Å²) in [6.45, 7) is 0.677. The van der Waals surface area contributed by atoms with Gasteiger partial charge < -0.3 is 10.5 Å². The van der Waals surface area contributed by atoms with Gasteiger partial charge in [0.05, 0.1) is 20.2 Å². The summed E-state index contributed by atoms with van der Waals surface area (Å²) in [7, 11) is 1.60. The molecule has 0 fully saturated rings. The van der Waals surface area contributed by atoms with E-state index >= 15 is 0 Å². The SMILES string of the molecule is COc1ccc(C#CCN)c(Cn2cccnc2=O)c1. The Morgan fingerprint density at radius 2 is 2.30 bits per heavy atom. The summed E-state index contributed by atoms with van der Waals surface area (Å²) in [5.74, 6) is 6.53. The van der Waals surface area contributed by atoms with Gasteiger partial charge in [-0.25, -0.2) is 9.78 Å². The molecule has 0 amide bonds. The predicted octanol–water partition coefficient (Wildman–Crippen LogP) is 0.610. The Morgan fingerprint density at radius 1 is 1.45 bits per heavy atom. The molecule has 0 spiro atoms. The molecule has 0 aliphatic carbocycles. The minimum absolute atomic E-state index is 0.290. The van der Waals surface area contributed by atoms with E-state index in [1.54, 1.807) is 19.4 Å². The molecular weight excluding hydrogens is 254 g/mol. The number of hydrogen-bond acceptors (Lipinski definition) is 4. The molecule has 1 aromatic carbocycles. The third-order valence-electron chi connectivity index (χ3n) is 2.76. The average Bonchev–Trinajstić information content (AvgIpc) is 2.48. The summed E-state index contributed by atoms with van der Waals surface area (Å²) in [6, 6.07) is 7.26. The van der Waals surface area contributed by atoms with Gasteiger partial charge in [-0.3, -0.25) is 4.57 Å². The Bertz CT molecular complexity index is 711. The molecule has 102 valence electrons. The molecule has 0 atom stereocenters. The lowest BCUT2D eigenvalue weighted by Gasteiger charge is -2.09. The van der Waals surface area contributed by atoms with Crippen LogP contribution in [0.5, 0.6) is 5.75 Å². The molecule has 0 saturated heterocycles. The van der Waals surface area contributed by atoms with Crippen molar-refractivity contribution in [1.82, 2.24) is 9.55 Å². The largest absolute Gasteiger partial charge is 0.497 e. The first-order chi connectivity index (χ1) is 9.74. The molecule has 1 heterocycles. The van der Waals surface area contributed by atoms with Gasteiger partial charge in [0.15, 0.2) is 0 Å². The van der Waals surface area contributed by atoms with Crippen LogP contribution >= 0.6 is 0 Å². The second-order valence-electron chi connectivity index (χ2n) is 4.06. The fraction of sp³-hybridized carbons (Fsp3) is 0.200. The highest BCUT2D eigenvalue weighted by atomic mass is 16.5. The molecule has 2 aromatic rings. The Balaban J connectivity index is 2.42. The standard InChI is InChI=1S/C15H15N3O2/c1-20-14-6-5-12(4-2-7-16)13(10-14)11-18-9-3-8-17-15(18)19/h3,5-6,8-10H,7,11,16H2,1H3. The van der Waals surface area contributed by atoms with Crippen LogP contribution in [0.25, 0.3) is 0 Å². The number of nitrogens with zero attached hydrogens (tertiary/aromatic N) is 2. The minimum Gasteiger partial charge on any atom is -0.497 e. The van der Waals surface area contributed by atoms with Crippen molar-refractivity contribution in [1.29, 1.82) is 0 Å². The first-order valence-electron chi connectivity index (χ1n) is 6.12. The molecule has 2 rings (SSSR count). The third kappa shape index (κ3) is 3.25. The van der Waals surface area contributed by atoms with E-state index in [1.165, 1.54) is 10.8 Å². The van der Waals surface area contributed by atoms with Gasteiger partial charge in [0.2, 0.25) is 0 Å². The lowest BCUT2D eigenvalue weighted by atomic mass is 10.1. The van der Waals surface area contributed by atoms with Crippen molar-refractivity contribution in [3.05, 3.63) is 58.3 Å². The van der Waals surface area contributed by atoms with Crippen molar-refractivity contribution in [2.75, 3.05) is 13.7 Å². The van der Waals surface area contributed by atoms with Gasteiger partial charge in [-0.15, -0.1) is 0 Å². The summed E-state index contributed by atoms with van der Waals surface area (Å²) in [6.07, 6.45) is 3.16. The molecule has 5 heteroatoms. The van der Waals surface area contributed by atoms with E-state index < -0.39 is 0 Å². The first-order valence-corrected chi connectivity index (χ1v) is 6.12. The summed E-state index contributed by atoms with van der Waals surface area (Å²) in [4.78, 5) is 15.4. The molecule has 2 N–H and O–H groups in total. The van der Waals surface area contributed by atoms with E-state index in [0.717, 1.165) is 16.9 Å². The van der Waals surface area contributed by atoms with Crippen LogP contribution in [0.1, 0.15) is 11.1 Å². The van der Waals surface area contributed by atoms with Crippen LogP contribution in [0.15, 0.2) is 41.5 Å². The lowest BCUT2D eigenvalue weighted by Crippen LogP contribution is -2.22. The van der Waals surface area contributed by atoms with Gasteiger partial charge in [-0.2, -0.15) is 0 Å². The van der Waals surface area contributed by atoms with Crippen LogP contribution in [-0.2, 0) is 6.54 Å². The molecule has 0 aliphatic rings. The van der Waals surface area contributed by atoms with Crippen LogP contribution in [0.4, 0.5) is 0 Å². The number of aromatic nitrogens is 2. The van der Waals surface area contributed by atoms with Crippen LogP contribution in [0, 0.1) is 11.8 Å². The molecule has 0 saturated carbocycles. The Morgan fingerprint density at radius 3 is 3.00 bits per heavy atom. The Hall–Kier alpha value is -2.58. The van der Waals surface area contributed by atoms with Crippen LogP contribution < -0.4 is 16.2 Å². The van der Waals surface area contributed by atoms with E-state index in [0.29, 0.717) is 6.54 Å². The molecule has 0 aliphatic heterocycles. The highest BCUT2D eigenvalue weighted by molar-refractivity contribution is 5.45. The monoisotopic (exact) mass is 269 g/mol. The number of ether oxygens (including phenoxy) is 1. The molecule has 1 aromatic heterocycles. The smallest absolute Gasteiger partial charge is 0.347 e. The van der Waals surface area contributed by atoms with Gasteiger partial charge in [-0.1, -0.05) is 11.8 Å². The Kier molecular flexibility index (Phi) is 4.53. The van der Waals surface area contributed by atoms with Crippen molar-refractivity contribution in [3.63, 3.8) is 0 Å². The number of benzene rings is 1. The highest BCUT2D eigenvalue weighted by Crippen LogP contribution is 2.17. The molecule has 0 bridgehead atoms. The van der Waals surface area contributed by atoms with Gasteiger partial charge in [0, 0.05) is 18.0 Å². The maximum absolute atomic E-state index is 11.7. The van der Waals surface area contributed by atoms with Crippen molar-refractivity contribution < 1.29 is 4.74 Å². The van der Waals surface area contributed by atoms with Gasteiger partial charge in [0.1, 0.15) is 5.75 Å². The quantitative estimate of drug-likeness (QED) is 0.829. The summed E-state index contributed by atoms with van der Waals surface area (Å²) >= 11 is 0. The fourth-order valence-corrected chi connectivity index (χ4v) is 1.79. The van der Waals surface area contributed by atoms with Gasteiger partial charge in [-0.05, 0) is 29.8 Å². The summed E-state index contributed by atoms with van der Waals surface area (Å²) in [5.41, 5.74) is 6.81. The molecule has 5 nitrogen and oxygen atoms in total. The maximum atomic E-state index is 11.7.